The minimum absolute atomic E-state index is 0.654. The summed E-state index contributed by atoms with van der Waals surface area (Å²) in [5.41, 5.74) is 3.19. The molecule has 0 bridgehead atoms. The van der Waals surface area contributed by atoms with Crippen molar-refractivity contribution in [3.05, 3.63) is 43.8 Å². The van der Waals surface area contributed by atoms with E-state index in [0.717, 1.165) is 37.1 Å². The van der Waals surface area contributed by atoms with Crippen molar-refractivity contribution in [1.29, 1.82) is 0 Å². The Morgan fingerprint density at radius 2 is 1.29 bits per heavy atom. The summed E-state index contributed by atoms with van der Waals surface area (Å²) in [4.78, 5) is 0. The van der Waals surface area contributed by atoms with E-state index in [4.69, 9.17) is 18.9 Å². The van der Waals surface area contributed by atoms with Crippen molar-refractivity contribution in [2.75, 3.05) is 28.4 Å². The molecule has 2 aromatic rings. The van der Waals surface area contributed by atoms with Gasteiger partial charge in [0.05, 0.1) is 32.9 Å². The zero-order valence-electron chi connectivity index (χ0n) is 14.3. The van der Waals surface area contributed by atoms with Crippen LogP contribution in [-0.4, -0.2) is 28.4 Å². The van der Waals surface area contributed by atoms with Crippen LogP contribution >= 0.6 is 31.9 Å². The first-order valence-corrected chi connectivity index (χ1v) is 8.85. The Morgan fingerprint density at radius 1 is 0.708 bits per heavy atom. The molecule has 0 aliphatic heterocycles. The second-order valence-electron chi connectivity index (χ2n) is 5.24. The lowest BCUT2D eigenvalue weighted by molar-refractivity contribution is 0.350. The number of hydrogen-bond acceptors (Lipinski definition) is 4. The molecule has 0 amide bonds. The third-order valence-electron chi connectivity index (χ3n) is 3.71. The first kappa shape index (κ1) is 18.9. The molecule has 0 heterocycles. The lowest BCUT2D eigenvalue weighted by Crippen LogP contribution is -2.01. The fourth-order valence-electron chi connectivity index (χ4n) is 2.64. The number of rotatable bonds is 6. The first-order chi connectivity index (χ1) is 11.5. The monoisotopic (exact) mass is 458 g/mol. The lowest BCUT2D eigenvalue weighted by Gasteiger charge is -2.17. The van der Waals surface area contributed by atoms with E-state index in [1.54, 1.807) is 28.4 Å². The summed E-state index contributed by atoms with van der Waals surface area (Å²) in [6, 6.07) is 6.02. The largest absolute Gasteiger partial charge is 0.493 e. The van der Waals surface area contributed by atoms with Crippen LogP contribution in [0.1, 0.15) is 16.7 Å². The first-order valence-electron chi connectivity index (χ1n) is 7.27. The topological polar surface area (TPSA) is 36.9 Å². The molecule has 0 aliphatic carbocycles. The summed E-state index contributed by atoms with van der Waals surface area (Å²) < 4.78 is 23.6. The van der Waals surface area contributed by atoms with Gasteiger partial charge in [0, 0.05) is 16.5 Å². The summed E-state index contributed by atoms with van der Waals surface area (Å²) >= 11 is 7.21. The third kappa shape index (κ3) is 3.64. The smallest absolute Gasteiger partial charge is 0.176 e. The highest BCUT2D eigenvalue weighted by Gasteiger charge is 2.19. The van der Waals surface area contributed by atoms with E-state index in [0.29, 0.717) is 17.9 Å². The van der Waals surface area contributed by atoms with Crippen molar-refractivity contribution in [3.8, 4) is 23.0 Å². The second-order valence-corrected chi connectivity index (χ2v) is 6.82. The molecule has 0 unspecified atom stereocenters. The number of hydrogen-bond donors (Lipinski definition) is 0. The zero-order chi connectivity index (χ0) is 17.9. The van der Waals surface area contributed by atoms with Gasteiger partial charge in [0.15, 0.2) is 23.0 Å². The van der Waals surface area contributed by atoms with Crippen LogP contribution in [0.15, 0.2) is 27.1 Å². The van der Waals surface area contributed by atoms with E-state index < -0.39 is 0 Å². The van der Waals surface area contributed by atoms with Crippen LogP contribution in [0.25, 0.3) is 0 Å². The predicted molar refractivity (Wildman–Crippen MR) is 102 cm³/mol. The fraction of sp³-hybridized carbons (Fsp3) is 0.333. The van der Waals surface area contributed by atoms with Gasteiger partial charge in [-0.1, -0.05) is 6.07 Å². The zero-order valence-corrected chi connectivity index (χ0v) is 17.5. The fourth-order valence-corrected chi connectivity index (χ4v) is 3.69. The molecule has 0 atom stereocenters. The van der Waals surface area contributed by atoms with Gasteiger partial charge >= 0.3 is 0 Å². The quantitative estimate of drug-likeness (QED) is 0.598. The molecule has 0 spiro atoms. The van der Waals surface area contributed by atoms with E-state index in [2.05, 4.69) is 37.9 Å². The molecule has 0 aromatic heterocycles. The molecular formula is C18H20Br2O4. The molecule has 2 aromatic carbocycles. The highest BCUT2D eigenvalue weighted by molar-refractivity contribution is 9.13. The highest BCUT2D eigenvalue weighted by Crippen LogP contribution is 2.44. The Bertz CT molecular complexity index is 745. The minimum atomic E-state index is 0.654. The van der Waals surface area contributed by atoms with E-state index in [1.165, 1.54) is 0 Å². The van der Waals surface area contributed by atoms with E-state index in [1.807, 2.05) is 19.1 Å². The Hall–Kier alpha value is -1.40. The van der Waals surface area contributed by atoms with Crippen molar-refractivity contribution >= 4 is 31.9 Å². The maximum absolute atomic E-state index is 5.56. The van der Waals surface area contributed by atoms with Crippen molar-refractivity contribution in [1.82, 2.24) is 0 Å². The van der Waals surface area contributed by atoms with E-state index >= 15 is 0 Å². The van der Waals surface area contributed by atoms with Gasteiger partial charge in [-0.2, -0.15) is 0 Å². The predicted octanol–water partition coefficient (Wildman–Crippen LogP) is 5.15. The molecule has 4 nitrogen and oxygen atoms in total. The molecule has 0 fully saturated rings. The molecule has 130 valence electrons. The maximum atomic E-state index is 5.56. The number of halogens is 2. The summed E-state index contributed by atoms with van der Waals surface area (Å²) in [5, 5.41) is 0. The summed E-state index contributed by atoms with van der Waals surface area (Å²) in [5.74, 6) is 2.78. The summed E-state index contributed by atoms with van der Waals surface area (Å²) in [6.45, 7) is 2.03. The third-order valence-corrected chi connectivity index (χ3v) is 5.90. The van der Waals surface area contributed by atoms with Gasteiger partial charge in [0.25, 0.3) is 0 Å². The van der Waals surface area contributed by atoms with Gasteiger partial charge in [-0.15, -0.1) is 0 Å². The van der Waals surface area contributed by atoms with Crippen molar-refractivity contribution in [3.63, 3.8) is 0 Å². The van der Waals surface area contributed by atoms with Crippen molar-refractivity contribution in [2.45, 2.75) is 13.3 Å². The number of methoxy groups -OCH3 is 4. The van der Waals surface area contributed by atoms with E-state index in [9.17, 15) is 0 Å². The van der Waals surface area contributed by atoms with Gasteiger partial charge in [-0.05, 0) is 62.0 Å². The molecule has 0 saturated heterocycles. The Labute approximate surface area is 159 Å². The molecule has 0 radical (unpaired) electrons. The van der Waals surface area contributed by atoms with Gasteiger partial charge in [-0.3, -0.25) is 0 Å². The van der Waals surface area contributed by atoms with Gasteiger partial charge in [0.2, 0.25) is 0 Å². The molecule has 0 N–H and O–H groups in total. The Morgan fingerprint density at radius 3 is 1.83 bits per heavy atom. The highest BCUT2D eigenvalue weighted by atomic mass is 79.9. The van der Waals surface area contributed by atoms with Crippen LogP contribution in [0.4, 0.5) is 0 Å². The van der Waals surface area contributed by atoms with Crippen LogP contribution in [0.2, 0.25) is 0 Å². The number of ether oxygens (including phenoxy) is 4. The van der Waals surface area contributed by atoms with Gasteiger partial charge < -0.3 is 18.9 Å². The van der Waals surface area contributed by atoms with Crippen LogP contribution in [0.5, 0.6) is 23.0 Å². The van der Waals surface area contributed by atoms with Crippen molar-refractivity contribution < 1.29 is 18.9 Å². The average molecular weight is 460 g/mol. The van der Waals surface area contributed by atoms with Crippen LogP contribution < -0.4 is 18.9 Å². The van der Waals surface area contributed by atoms with E-state index in [-0.39, 0.29) is 0 Å². The van der Waals surface area contributed by atoms with Crippen LogP contribution in [-0.2, 0) is 6.42 Å². The number of aryl methyl sites for hydroxylation is 1. The van der Waals surface area contributed by atoms with Crippen molar-refractivity contribution in [2.24, 2.45) is 0 Å². The molecule has 2 rings (SSSR count). The standard InChI is InChI=1S/C18H20Br2O4/c1-10-6-12(17(23-4)13(7-10)21-2)8-11-9-14(22-3)18(24-5)16(20)15(11)19/h6-7,9H,8H2,1-5H3. The second kappa shape index (κ2) is 8.12. The maximum Gasteiger partial charge on any atom is 0.176 e. The Kier molecular flexibility index (Phi) is 6.40. The van der Waals surface area contributed by atoms with Crippen LogP contribution in [0, 0.1) is 6.92 Å². The van der Waals surface area contributed by atoms with Gasteiger partial charge in [0.1, 0.15) is 0 Å². The number of benzene rings is 2. The Balaban J connectivity index is 2.56. The molecule has 6 heteroatoms. The van der Waals surface area contributed by atoms with Gasteiger partial charge in [-0.25, -0.2) is 0 Å². The SMILES string of the molecule is COc1cc(C)cc(Cc2cc(OC)c(OC)c(Br)c2Br)c1OC. The minimum Gasteiger partial charge on any atom is -0.493 e. The average Bonchev–Trinajstić information content (AvgIpc) is 2.58. The summed E-state index contributed by atoms with van der Waals surface area (Å²) in [7, 11) is 6.53. The normalized spacial score (nSPS) is 10.5. The molecule has 24 heavy (non-hydrogen) atoms. The van der Waals surface area contributed by atoms with Crippen LogP contribution in [0.3, 0.4) is 0 Å². The molecule has 0 saturated carbocycles. The summed E-state index contributed by atoms with van der Waals surface area (Å²) in [6.07, 6.45) is 0.654. The molecule has 0 aliphatic rings. The molecular weight excluding hydrogens is 440 g/mol. The lowest BCUT2D eigenvalue weighted by atomic mass is 10.0.